The predicted octanol–water partition coefficient (Wildman–Crippen LogP) is 4.67. The zero-order chi connectivity index (χ0) is 21.9. The van der Waals surface area contributed by atoms with Crippen molar-refractivity contribution in [3.8, 4) is 5.75 Å². The summed E-state index contributed by atoms with van der Waals surface area (Å²) in [5.74, 6) is -0.243. The van der Waals surface area contributed by atoms with E-state index in [-0.39, 0.29) is 12.0 Å². The van der Waals surface area contributed by atoms with Crippen LogP contribution < -0.4 is 10.1 Å². The highest BCUT2D eigenvalue weighted by Gasteiger charge is 2.36. The number of imide groups is 1. The molecular weight excluding hydrogens is 400 g/mol. The molecule has 1 fully saturated rings. The van der Waals surface area contributed by atoms with Crippen LogP contribution in [0.15, 0.2) is 53.4 Å². The summed E-state index contributed by atoms with van der Waals surface area (Å²) in [6.07, 6.45) is 1.68. The van der Waals surface area contributed by atoms with Gasteiger partial charge in [-0.1, -0.05) is 45.0 Å². The number of ether oxygens (including phenoxy) is 1. The Morgan fingerprint density at radius 2 is 1.70 bits per heavy atom. The molecule has 0 bridgehead atoms. The number of rotatable bonds is 5. The van der Waals surface area contributed by atoms with Gasteiger partial charge in [-0.05, 0) is 58.6 Å². The molecule has 3 rings (SSSR count). The maximum absolute atomic E-state index is 12.6. The molecule has 0 radical (unpaired) electrons. The number of thioether (sulfide) groups is 1. The van der Waals surface area contributed by atoms with Crippen molar-refractivity contribution >= 4 is 40.6 Å². The largest absolute Gasteiger partial charge is 0.497 e. The third kappa shape index (κ3) is 5.10. The Bertz CT molecular complexity index is 989. The van der Waals surface area contributed by atoms with Gasteiger partial charge in [-0.2, -0.15) is 0 Å². The van der Waals surface area contributed by atoms with E-state index in [1.165, 1.54) is 5.56 Å². The first-order valence-corrected chi connectivity index (χ1v) is 10.3. The van der Waals surface area contributed by atoms with E-state index in [2.05, 4.69) is 26.1 Å². The lowest BCUT2D eigenvalue weighted by Crippen LogP contribution is -2.36. The van der Waals surface area contributed by atoms with Crippen LogP contribution in [-0.2, 0) is 15.0 Å². The van der Waals surface area contributed by atoms with Crippen molar-refractivity contribution in [2.75, 3.05) is 19.0 Å². The Morgan fingerprint density at radius 3 is 2.27 bits per heavy atom. The minimum absolute atomic E-state index is 0.0353. The SMILES string of the molecule is COc1ccc(NC(=O)CN2C(=O)S/C(=C\c3ccc(C(C)(C)C)cc3)C2=O)cc1. The molecule has 0 aromatic heterocycles. The van der Waals surface area contributed by atoms with Crippen molar-refractivity contribution in [3.63, 3.8) is 0 Å². The lowest BCUT2D eigenvalue weighted by atomic mass is 9.87. The van der Waals surface area contributed by atoms with Crippen molar-refractivity contribution in [2.24, 2.45) is 0 Å². The van der Waals surface area contributed by atoms with Crippen LogP contribution in [0.3, 0.4) is 0 Å². The van der Waals surface area contributed by atoms with Crippen LogP contribution in [-0.4, -0.2) is 35.6 Å². The summed E-state index contributed by atoms with van der Waals surface area (Å²) < 4.78 is 5.07. The predicted molar refractivity (Wildman–Crippen MR) is 119 cm³/mol. The lowest BCUT2D eigenvalue weighted by molar-refractivity contribution is -0.127. The molecule has 3 amide bonds. The molecule has 6 nitrogen and oxygen atoms in total. The second-order valence-corrected chi connectivity index (χ2v) is 8.91. The lowest BCUT2D eigenvalue weighted by Gasteiger charge is -2.18. The Kier molecular flexibility index (Phi) is 6.31. The number of nitrogens with zero attached hydrogens (tertiary/aromatic N) is 1. The molecule has 2 aromatic rings. The summed E-state index contributed by atoms with van der Waals surface area (Å²) in [6, 6.07) is 14.7. The van der Waals surface area contributed by atoms with E-state index < -0.39 is 17.1 Å². The monoisotopic (exact) mass is 424 g/mol. The molecule has 0 unspecified atom stereocenters. The van der Waals surface area contributed by atoms with Gasteiger partial charge >= 0.3 is 0 Å². The molecule has 0 atom stereocenters. The number of amides is 3. The number of benzene rings is 2. The van der Waals surface area contributed by atoms with Crippen LogP contribution in [0.4, 0.5) is 10.5 Å². The van der Waals surface area contributed by atoms with Gasteiger partial charge in [0.2, 0.25) is 5.91 Å². The van der Waals surface area contributed by atoms with E-state index in [0.29, 0.717) is 16.3 Å². The Morgan fingerprint density at radius 1 is 1.07 bits per heavy atom. The first-order chi connectivity index (χ1) is 14.2. The van der Waals surface area contributed by atoms with Gasteiger partial charge in [0, 0.05) is 5.69 Å². The number of nitrogens with one attached hydrogen (secondary N) is 1. The first-order valence-electron chi connectivity index (χ1n) is 9.47. The highest BCUT2D eigenvalue weighted by molar-refractivity contribution is 8.18. The second-order valence-electron chi connectivity index (χ2n) is 7.92. The number of carbonyl (C=O) groups excluding carboxylic acids is 3. The van der Waals surface area contributed by atoms with E-state index in [4.69, 9.17) is 4.74 Å². The fourth-order valence-corrected chi connectivity index (χ4v) is 3.72. The quantitative estimate of drug-likeness (QED) is 0.706. The van der Waals surface area contributed by atoms with Gasteiger partial charge in [0.1, 0.15) is 12.3 Å². The van der Waals surface area contributed by atoms with Crippen molar-refractivity contribution in [2.45, 2.75) is 26.2 Å². The van der Waals surface area contributed by atoms with Gasteiger partial charge in [-0.15, -0.1) is 0 Å². The number of hydrogen-bond donors (Lipinski definition) is 1. The minimum Gasteiger partial charge on any atom is -0.497 e. The van der Waals surface area contributed by atoms with E-state index in [0.717, 1.165) is 22.2 Å². The highest BCUT2D eigenvalue weighted by Crippen LogP contribution is 2.32. The third-order valence-corrected chi connectivity index (χ3v) is 5.53. The number of carbonyl (C=O) groups is 3. The third-order valence-electron chi connectivity index (χ3n) is 4.62. The zero-order valence-corrected chi connectivity index (χ0v) is 18.2. The number of methoxy groups -OCH3 is 1. The van der Waals surface area contributed by atoms with Crippen molar-refractivity contribution < 1.29 is 19.1 Å². The average Bonchev–Trinajstić information content (AvgIpc) is 2.95. The maximum Gasteiger partial charge on any atom is 0.294 e. The molecular formula is C23H24N2O4S. The van der Waals surface area contributed by atoms with Crippen molar-refractivity contribution in [1.29, 1.82) is 0 Å². The molecule has 1 N–H and O–H groups in total. The zero-order valence-electron chi connectivity index (χ0n) is 17.4. The smallest absolute Gasteiger partial charge is 0.294 e. The van der Waals surface area contributed by atoms with Gasteiger partial charge in [0.05, 0.1) is 12.0 Å². The summed E-state index contributed by atoms with van der Waals surface area (Å²) in [7, 11) is 1.56. The normalized spacial score (nSPS) is 15.6. The molecule has 1 heterocycles. The van der Waals surface area contributed by atoms with Crippen LogP contribution in [0.5, 0.6) is 5.75 Å². The van der Waals surface area contributed by atoms with E-state index >= 15 is 0 Å². The van der Waals surface area contributed by atoms with Crippen molar-refractivity contribution in [1.82, 2.24) is 4.90 Å². The summed E-state index contributed by atoms with van der Waals surface area (Å²) in [5, 5.41) is 2.22. The van der Waals surface area contributed by atoms with Gasteiger partial charge in [-0.3, -0.25) is 19.3 Å². The molecule has 0 saturated carbocycles. The highest BCUT2D eigenvalue weighted by atomic mass is 32.2. The summed E-state index contributed by atoms with van der Waals surface area (Å²) in [6.45, 7) is 6.05. The molecule has 0 aliphatic carbocycles. The Labute approximate surface area is 180 Å². The molecule has 156 valence electrons. The number of anilines is 1. The second kappa shape index (κ2) is 8.75. The topological polar surface area (TPSA) is 75.7 Å². The van der Waals surface area contributed by atoms with E-state index in [1.54, 1.807) is 37.5 Å². The average molecular weight is 425 g/mol. The van der Waals surface area contributed by atoms with Crippen LogP contribution in [0.2, 0.25) is 0 Å². The molecule has 30 heavy (non-hydrogen) atoms. The maximum atomic E-state index is 12.6. The van der Waals surface area contributed by atoms with Gasteiger partial charge in [0.15, 0.2) is 0 Å². The number of hydrogen-bond acceptors (Lipinski definition) is 5. The minimum atomic E-state index is -0.463. The van der Waals surface area contributed by atoms with Crippen LogP contribution in [0.1, 0.15) is 31.9 Å². The summed E-state index contributed by atoms with van der Waals surface area (Å²) in [4.78, 5) is 38.5. The Hall–Kier alpha value is -3.06. The van der Waals surface area contributed by atoms with E-state index in [1.807, 2.05) is 24.3 Å². The van der Waals surface area contributed by atoms with Gasteiger partial charge in [-0.25, -0.2) is 0 Å². The first kappa shape index (κ1) is 21.6. The van der Waals surface area contributed by atoms with Crippen LogP contribution >= 0.6 is 11.8 Å². The fraction of sp³-hybridized carbons (Fsp3) is 0.261. The summed E-state index contributed by atoms with van der Waals surface area (Å²) in [5.41, 5.74) is 2.61. The molecule has 7 heteroatoms. The molecule has 0 spiro atoms. The summed E-state index contributed by atoms with van der Waals surface area (Å²) >= 11 is 0.842. The molecule has 1 aliphatic rings. The van der Waals surface area contributed by atoms with Gasteiger partial charge < -0.3 is 10.1 Å². The van der Waals surface area contributed by atoms with E-state index in [9.17, 15) is 14.4 Å². The standard InChI is InChI=1S/C23H24N2O4S/c1-23(2,3)16-7-5-15(6-8-16)13-19-21(27)25(22(28)30-19)14-20(26)24-17-9-11-18(29-4)12-10-17/h5-13H,14H2,1-4H3,(H,24,26)/b19-13-. The molecule has 1 saturated heterocycles. The Balaban J connectivity index is 1.66. The van der Waals surface area contributed by atoms with Crippen LogP contribution in [0, 0.1) is 0 Å². The molecule has 2 aromatic carbocycles. The van der Waals surface area contributed by atoms with Crippen LogP contribution in [0.25, 0.3) is 6.08 Å². The van der Waals surface area contributed by atoms with Crippen molar-refractivity contribution in [3.05, 3.63) is 64.6 Å². The fourth-order valence-electron chi connectivity index (χ4n) is 2.89. The van der Waals surface area contributed by atoms with Gasteiger partial charge in [0.25, 0.3) is 11.1 Å². The molecule has 1 aliphatic heterocycles.